The Hall–Kier alpha value is -1.91. The van der Waals surface area contributed by atoms with Gasteiger partial charge in [0, 0.05) is 13.6 Å². The Labute approximate surface area is 133 Å². The first-order chi connectivity index (χ1) is 10.3. The van der Waals surface area contributed by atoms with Crippen LogP contribution in [0.2, 0.25) is 0 Å². The second-order valence-electron chi connectivity index (χ2n) is 5.50. The van der Waals surface area contributed by atoms with Crippen molar-refractivity contribution in [1.29, 1.82) is 0 Å². The van der Waals surface area contributed by atoms with Crippen LogP contribution in [0, 0.1) is 13.8 Å². The van der Waals surface area contributed by atoms with Gasteiger partial charge in [0.15, 0.2) is 0 Å². The van der Waals surface area contributed by atoms with Crippen LogP contribution in [-0.4, -0.2) is 26.3 Å². The molecule has 4 heteroatoms. The maximum atomic E-state index is 12.8. The molecule has 0 fully saturated rings. The summed E-state index contributed by atoms with van der Waals surface area (Å²) in [5.74, 6) is 0. The zero-order chi connectivity index (χ0) is 16.3. The fourth-order valence-electron chi connectivity index (χ4n) is 2.27. The van der Waals surface area contributed by atoms with Gasteiger partial charge in [-0.15, -0.1) is 0 Å². The lowest BCUT2D eigenvalue weighted by molar-refractivity contribution is 0.502. The fraction of sp³-hybridized carbons (Fsp3) is 0.222. The first-order valence-corrected chi connectivity index (χ1v) is 8.53. The van der Waals surface area contributed by atoms with Crippen LogP contribution in [0.5, 0.6) is 0 Å². The molecular weight excluding hydrogens is 294 g/mol. The van der Waals surface area contributed by atoms with Crippen molar-refractivity contribution in [1.82, 2.24) is 4.31 Å². The molecule has 0 heterocycles. The molecule has 0 spiro atoms. The van der Waals surface area contributed by atoms with Gasteiger partial charge in [0.25, 0.3) is 0 Å². The molecule has 116 valence electrons. The molecule has 0 saturated heterocycles. The third-order valence-corrected chi connectivity index (χ3v) is 5.57. The molecule has 0 amide bonds. The molecule has 0 aliphatic rings. The van der Waals surface area contributed by atoms with E-state index >= 15 is 0 Å². The Bertz CT molecular complexity index is 780. The molecule has 0 N–H and O–H groups in total. The summed E-state index contributed by atoms with van der Waals surface area (Å²) in [6.45, 7) is 7.97. The van der Waals surface area contributed by atoms with Crippen molar-refractivity contribution < 1.29 is 8.42 Å². The molecule has 0 aliphatic carbocycles. The number of hydrogen-bond donors (Lipinski definition) is 0. The molecule has 0 radical (unpaired) electrons. The Kier molecular flexibility index (Phi) is 4.84. The van der Waals surface area contributed by atoms with E-state index in [2.05, 4.69) is 6.58 Å². The topological polar surface area (TPSA) is 37.4 Å². The summed E-state index contributed by atoms with van der Waals surface area (Å²) in [5, 5.41) is 0. The summed E-state index contributed by atoms with van der Waals surface area (Å²) < 4.78 is 26.9. The number of nitrogens with zero attached hydrogens (tertiary/aromatic N) is 1. The van der Waals surface area contributed by atoms with Crippen LogP contribution in [-0.2, 0) is 10.0 Å². The van der Waals surface area contributed by atoms with E-state index < -0.39 is 10.0 Å². The van der Waals surface area contributed by atoms with Crippen LogP contribution >= 0.6 is 0 Å². The first-order valence-electron chi connectivity index (χ1n) is 7.09. The number of aryl methyl sites for hydroxylation is 2. The van der Waals surface area contributed by atoms with Gasteiger partial charge in [-0.3, -0.25) is 0 Å². The Morgan fingerprint density at radius 3 is 2.36 bits per heavy atom. The number of rotatable bonds is 5. The summed E-state index contributed by atoms with van der Waals surface area (Å²) in [6, 6.07) is 15.1. The highest BCUT2D eigenvalue weighted by molar-refractivity contribution is 7.89. The largest absolute Gasteiger partial charge is 0.243 e. The molecular formula is C18H21NO2S. The smallest absolute Gasteiger partial charge is 0.207 e. The van der Waals surface area contributed by atoms with E-state index in [9.17, 15) is 8.42 Å². The first kappa shape index (κ1) is 16.5. The fourth-order valence-corrected chi connectivity index (χ4v) is 3.74. The average molecular weight is 315 g/mol. The molecule has 0 atom stereocenters. The number of hydrogen-bond acceptors (Lipinski definition) is 2. The predicted octanol–water partition coefficient (Wildman–Crippen LogP) is 3.64. The van der Waals surface area contributed by atoms with E-state index in [1.807, 2.05) is 56.3 Å². The molecule has 0 unspecified atom stereocenters. The van der Waals surface area contributed by atoms with Crippen LogP contribution in [0.25, 0.3) is 5.57 Å². The van der Waals surface area contributed by atoms with Gasteiger partial charge in [-0.1, -0.05) is 49.0 Å². The van der Waals surface area contributed by atoms with Gasteiger partial charge in [0.2, 0.25) is 10.0 Å². The van der Waals surface area contributed by atoms with Gasteiger partial charge in [-0.05, 0) is 42.2 Å². The molecule has 0 saturated carbocycles. The van der Waals surface area contributed by atoms with Crippen LogP contribution in [0.15, 0.2) is 60.0 Å². The van der Waals surface area contributed by atoms with Crippen LogP contribution in [0.1, 0.15) is 16.7 Å². The van der Waals surface area contributed by atoms with Crippen molar-refractivity contribution in [3.8, 4) is 0 Å². The van der Waals surface area contributed by atoms with Crippen LogP contribution < -0.4 is 0 Å². The summed E-state index contributed by atoms with van der Waals surface area (Å²) >= 11 is 0. The van der Waals surface area contributed by atoms with Gasteiger partial charge < -0.3 is 0 Å². The minimum absolute atomic E-state index is 0.264. The number of benzene rings is 2. The summed E-state index contributed by atoms with van der Waals surface area (Å²) in [5.41, 5.74) is 3.41. The predicted molar refractivity (Wildman–Crippen MR) is 91.2 cm³/mol. The van der Waals surface area contributed by atoms with Crippen LogP contribution in [0.3, 0.4) is 0 Å². The van der Waals surface area contributed by atoms with Gasteiger partial charge in [-0.25, -0.2) is 8.42 Å². The monoisotopic (exact) mass is 315 g/mol. The quantitative estimate of drug-likeness (QED) is 0.845. The minimum Gasteiger partial charge on any atom is -0.207 e. The van der Waals surface area contributed by atoms with Crippen molar-refractivity contribution in [2.45, 2.75) is 18.7 Å². The SMILES string of the molecule is C=C(CN(C)S(=O)(=O)c1cc(C)ccc1C)c1ccccc1. The van der Waals surface area contributed by atoms with Gasteiger partial charge >= 0.3 is 0 Å². The molecule has 0 bridgehead atoms. The number of sulfonamides is 1. The van der Waals surface area contributed by atoms with Crippen molar-refractivity contribution in [3.63, 3.8) is 0 Å². The van der Waals surface area contributed by atoms with Crippen molar-refractivity contribution in [2.24, 2.45) is 0 Å². The number of likely N-dealkylation sites (N-methyl/N-ethyl adjacent to an activating group) is 1. The molecule has 3 nitrogen and oxygen atoms in total. The minimum atomic E-state index is -3.52. The molecule has 0 aromatic heterocycles. The molecule has 0 aliphatic heterocycles. The van der Waals surface area contributed by atoms with Crippen molar-refractivity contribution in [2.75, 3.05) is 13.6 Å². The Morgan fingerprint density at radius 1 is 1.09 bits per heavy atom. The highest BCUT2D eigenvalue weighted by Gasteiger charge is 2.23. The standard InChI is InChI=1S/C18H21NO2S/c1-14-10-11-15(2)18(12-14)22(20,21)19(4)13-16(3)17-8-6-5-7-9-17/h5-12H,3,13H2,1-2,4H3. The lowest BCUT2D eigenvalue weighted by atomic mass is 10.1. The third-order valence-electron chi connectivity index (χ3n) is 3.63. The van der Waals surface area contributed by atoms with E-state index in [0.29, 0.717) is 4.90 Å². The van der Waals surface area contributed by atoms with E-state index in [0.717, 1.165) is 22.3 Å². The molecule has 2 aromatic rings. The summed E-state index contributed by atoms with van der Waals surface area (Å²) in [6.07, 6.45) is 0. The van der Waals surface area contributed by atoms with E-state index in [1.165, 1.54) is 4.31 Å². The maximum absolute atomic E-state index is 12.8. The molecule has 2 rings (SSSR count). The Balaban J connectivity index is 2.26. The van der Waals surface area contributed by atoms with Gasteiger partial charge in [0.05, 0.1) is 4.90 Å². The second kappa shape index (κ2) is 6.46. The van der Waals surface area contributed by atoms with E-state index in [1.54, 1.807) is 13.1 Å². The average Bonchev–Trinajstić information content (AvgIpc) is 2.50. The molecule has 22 heavy (non-hydrogen) atoms. The lowest BCUT2D eigenvalue weighted by Crippen LogP contribution is -2.29. The van der Waals surface area contributed by atoms with E-state index in [-0.39, 0.29) is 6.54 Å². The zero-order valence-electron chi connectivity index (χ0n) is 13.2. The Morgan fingerprint density at radius 2 is 1.73 bits per heavy atom. The van der Waals surface area contributed by atoms with Gasteiger partial charge in [-0.2, -0.15) is 4.31 Å². The maximum Gasteiger partial charge on any atom is 0.243 e. The lowest BCUT2D eigenvalue weighted by Gasteiger charge is -2.20. The normalized spacial score (nSPS) is 11.6. The highest BCUT2D eigenvalue weighted by atomic mass is 32.2. The molecule has 2 aromatic carbocycles. The zero-order valence-corrected chi connectivity index (χ0v) is 14.0. The second-order valence-corrected chi connectivity index (χ2v) is 7.51. The van der Waals surface area contributed by atoms with Crippen LogP contribution in [0.4, 0.5) is 0 Å². The summed E-state index contributed by atoms with van der Waals surface area (Å²) in [7, 11) is -1.93. The van der Waals surface area contributed by atoms with E-state index in [4.69, 9.17) is 0 Å². The van der Waals surface area contributed by atoms with Gasteiger partial charge in [0.1, 0.15) is 0 Å². The summed E-state index contributed by atoms with van der Waals surface area (Å²) in [4.78, 5) is 0.357. The van der Waals surface area contributed by atoms with Crippen molar-refractivity contribution in [3.05, 3.63) is 71.8 Å². The van der Waals surface area contributed by atoms with Crippen molar-refractivity contribution >= 4 is 15.6 Å². The third kappa shape index (κ3) is 3.46. The highest BCUT2D eigenvalue weighted by Crippen LogP contribution is 2.22.